The molecule has 17 heavy (non-hydrogen) atoms. The maximum Gasteiger partial charge on any atom is 0.274 e. The van der Waals surface area contributed by atoms with E-state index in [4.69, 9.17) is 22.2 Å². The summed E-state index contributed by atoms with van der Waals surface area (Å²) >= 11 is 6.06. The second kappa shape index (κ2) is 5.89. The highest BCUT2D eigenvalue weighted by molar-refractivity contribution is 6.32. The summed E-state index contributed by atoms with van der Waals surface area (Å²) < 4.78 is 5.58. The molecule has 0 aliphatic heterocycles. The molecule has 1 amide bonds. The third-order valence-electron chi connectivity index (χ3n) is 2.49. The molecule has 1 atom stereocenters. The Balaban J connectivity index is 2.91. The third kappa shape index (κ3) is 3.35. The van der Waals surface area contributed by atoms with Crippen molar-refractivity contribution in [3.8, 4) is 5.75 Å². The van der Waals surface area contributed by atoms with E-state index in [1.807, 2.05) is 32.9 Å². The van der Waals surface area contributed by atoms with Crippen molar-refractivity contribution in [2.24, 2.45) is 5.84 Å². The number of carbonyl (C=O) groups is 1. The number of benzene rings is 1. The van der Waals surface area contributed by atoms with Crippen LogP contribution in [-0.4, -0.2) is 12.0 Å². The SMILES string of the molecule is CC[C@@H](Oc1cc(C)c(Cl)c(C)c1)C(=O)NN. The van der Waals surface area contributed by atoms with E-state index >= 15 is 0 Å². The van der Waals surface area contributed by atoms with Crippen LogP contribution in [0.4, 0.5) is 0 Å². The highest BCUT2D eigenvalue weighted by Gasteiger charge is 2.17. The quantitative estimate of drug-likeness (QED) is 0.493. The molecule has 0 aliphatic rings. The van der Waals surface area contributed by atoms with E-state index in [-0.39, 0.29) is 5.91 Å². The standard InChI is InChI=1S/C12H17ClN2O2/c1-4-10(12(16)15-14)17-9-5-7(2)11(13)8(3)6-9/h5-6,10H,4,14H2,1-3H3,(H,15,16)/t10-/m1/s1. The van der Waals surface area contributed by atoms with Gasteiger partial charge in [0, 0.05) is 5.02 Å². The van der Waals surface area contributed by atoms with Crippen LogP contribution in [0.1, 0.15) is 24.5 Å². The van der Waals surface area contributed by atoms with E-state index in [2.05, 4.69) is 5.43 Å². The molecule has 0 aromatic heterocycles. The molecule has 0 heterocycles. The van der Waals surface area contributed by atoms with Crippen molar-refractivity contribution in [1.82, 2.24) is 5.43 Å². The maximum absolute atomic E-state index is 11.4. The van der Waals surface area contributed by atoms with Gasteiger partial charge in [-0.1, -0.05) is 18.5 Å². The van der Waals surface area contributed by atoms with Crippen LogP contribution in [-0.2, 0) is 4.79 Å². The van der Waals surface area contributed by atoms with Crippen molar-refractivity contribution in [1.29, 1.82) is 0 Å². The van der Waals surface area contributed by atoms with Crippen molar-refractivity contribution in [2.75, 3.05) is 0 Å². The number of aryl methyl sites for hydroxylation is 2. The van der Waals surface area contributed by atoms with Gasteiger partial charge in [-0.05, 0) is 43.5 Å². The van der Waals surface area contributed by atoms with Gasteiger partial charge in [-0.25, -0.2) is 5.84 Å². The number of halogens is 1. The highest BCUT2D eigenvalue weighted by Crippen LogP contribution is 2.26. The average Bonchev–Trinajstić information content (AvgIpc) is 2.31. The van der Waals surface area contributed by atoms with Crippen molar-refractivity contribution in [2.45, 2.75) is 33.3 Å². The zero-order valence-electron chi connectivity index (χ0n) is 10.2. The van der Waals surface area contributed by atoms with E-state index in [0.29, 0.717) is 17.2 Å². The zero-order valence-corrected chi connectivity index (χ0v) is 11.0. The molecule has 5 heteroatoms. The lowest BCUT2D eigenvalue weighted by atomic mass is 10.1. The Bertz CT molecular complexity index is 398. The Morgan fingerprint density at radius 2 is 2.00 bits per heavy atom. The fourth-order valence-corrected chi connectivity index (χ4v) is 1.66. The van der Waals surface area contributed by atoms with E-state index in [1.54, 1.807) is 0 Å². The number of rotatable bonds is 4. The molecule has 0 saturated heterocycles. The van der Waals surface area contributed by atoms with Crippen molar-refractivity contribution < 1.29 is 9.53 Å². The van der Waals surface area contributed by atoms with Gasteiger partial charge in [-0.2, -0.15) is 0 Å². The molecule has 0 spiro atoms. The zero-order chi connectivity index (χ0) is 13.0. The minimum atomic E-state index is -0.583. The summed E-state index contributed by atoms with van der Waals surface area (Å²) in [5, 5.41) is 0.716. The first-order chi connectivity index (χ1) is 7.99. The Labute approximate surface area is 106 Å². The predicted octanol–water partition coefficient (Wildman–Crippen LogP) is 2.10. The smallest absolute Gasteiger partial charge is 0.274 e. The summed E-state index contributed by atoms with van der Waals surface area (Å²) in [6, 6.07) is 3.61. The molecule has 1 aromatic rings. The molecule has 0 saturated carbocycles. The van der Waals surface area contributed by atoms with Crippen LogP contribution in [0.2, 0.25) is 5.02 Å². The first-order valence-electron chi connectivity index (χ1n) is 5.43. The molecule has 0 fully saturated rings. The first kappa shape index (κ1) is 13.8. The minimum absolute atomic E-state index is 0.335. The molecule has 1 aromatic carbocycles. The van der Waals surface area contributed by atoms with E-state index in [9.17, 15) is 4.79 Å². The number of amides is 1. The molecule has 4 nitrogen and oxygen atoms in total. The van der Waals surface area contributed by atoms with E-state index in [0.717, 1.165) is 11.1 Å². The molecule has 94 valence electrons. The largest absolute Gasteiger partial charge is 0.481 e. The van der Waals surface area contributed by atoms with Gasteiger partial charge in [-0.3, -0.25) is 10.2 Å². The second-order valence-electron chi connectivity index (χ2n) is 3.89. The lowest BCUT2D eigenvalue weighted by molar-refractivity contribution is -0.128. The minimum Gasteiger partial charge on any atom is -0.481 e. The summed E-state index contributed by atoms with van der Waals surface area (Å²) in [6.45, 7) is 5.65. The van der Waals surface area contributed by atoms with Gasteiger partial charge in [0.15, 0.2) is 6.10 Å². The number of carbonyl (C=O) groups excluding carboxylic acids is 1. The second-order valence-corrected chi connectivity index (χ2v) is 4.27. The number of nitrogens with two attached hydrogens (primary N) is 1. The monoisotopic (exact) mass is 256 g/mol. The first-order valence-corrected chi connectivity index (χ1v) is 5.81. The molecule has 0 aliphatic carbocycles. The van der Waals surface area contributed by atoms with Gasteiger partial charge < -0.3 is 4.74 Å². The maximum atomic E-state index is 11.4. The van der Waals surface area contributed by atoms with Gasteiger partial charge >= 0.3 is 0 Å². The Hall–Kier alpha value is -1.26. The average molecular weight is 257 g/mol. The van der Waals surface area contributed by atoms with E-state index in [1.165, 1.54) is 0 Å². The summed E-state index contributed by atoms with van der Waals surface area (Å²) in [6.07, 6.45) is -0.0380. The van der Waals surface area contributed by atoms with Gasteiger partial charge in [0.05, 0.1) is 0 Å². The number of hydrogen-bond donors (Lipinski definition) is 2. The Kier molecular flexibility index (Phi) is 4.78. The predicted molar refractivity (Wildman–Crippen MR) is 68.0 cm³/mol. The molecule has 1 rings (SSSR count). The van der Waals surface area contributed by atoms with Crippen LogP contribution in [0.3, 0.4) is 0 Å². The number of nitrogens with one attached hydrogen (secondary N) is 1. The Morgan fingerprint density at radius 3 is 2.41 bits per heavy atom. The van der Waals surface area contributed by atoms with Crippen molar-refractivity contribution in [3.63, 3.8) is 0 Å². The number of hydrazine groups is 1. The fourth-order valence-electron chi connectivity index (χ4n) is 1.55. The van der Waals surface area contributed by atoms with Crippen LogP contribution in [0.15, 0.2) is 12.1 Å². The molecular formula is C12H17ClN2O2. The van der Waals surface area contributed by atoms with Crippen LogP contribution < -0.4 is 16.0 Å². The van der Waals surface area contributed by atoms with Crippen molar-refractivity contribution >= 4 is 17.5 Å². The van der Waals surface area contributed by atoms with Crippen LogP contribution >= 0.6 is 11.6 Å². The lowest BCUT2D eigenvalue weighted by Crippen LogP contribution is -2.41. The van der Waals surface area contributed by atoms with Crippen LogP contribution in [0.25, 0.3) is 0 Å². The van der Waals surface area contributed by atoms with Crippen LogP contribution in [0, 0.1) is 13.8 Å². The normalized spacial score (nSPS) is 12.1. The van der Waals surface area contributed by atoms with Gasteiger partial charge in [-0.15, -0.1) is 0 Å². The van der Waals surface area contributed by atoms with E-state index < -0.39 is 6.10 Å². The molecular weight excluding hydrogens is 240 g/mol. The molecule has 0 radical (unpaired) electrons. The molecule has 0 unspecified atom stereocenters. The Morgan fingerprint density at radius 1 is 1.47 bits per heavy atom. The van der Waals surface area contributed by atoms with Crippen LogP contribution in [0.5, 0.6) is 5.75 Å². The third-order valence-corrected chi connectivity index (χ3v) is 3.09. The number of ether oxygens (including phenoxy) is 1. The molecule has 3 N–H and O–H groups in total. The number of hydrogen-bond acceptors (Lipinski definition) is 3. The fraction of sp³-hybridized carbons (Fsp3) is 0.417. The summed E-state index contributed by atoms with van der Waals surface area (Å²) in [4.78, 5) is 11.4. The van der Waals surface area contributed by atoms with Gasteiger partial charge in [0.1, 0.15) is 5.75 Å². The lowest BCUT2D eigenvalue weighted by Gasteiger charge is -2.17. The molecule has 0 bridgehead atoms. The van der Waals surface area contributed by atoms with Gasteiger partial charge in [0.2, 0.25) is 0 Å². The summed E-state index contributed by atoms with van der Waals surface area (Å²) in [7, 11) is 0. The summed E-state index contributed by atoms with van der Waals surface area (Å²) in [5.41, 5.74) is 3.93. The van der Waals surface area contributed by atoms with Crippen molar-refractivity contribution in [3.05, 3.63) is 28.3 Å². The van der Waals surface area contributed by atoms with Gasteiger partial charge in [0.25, 0.3) is 5.91 Å². The summed E-state index contributed by atoms with van der Waals surface area (Å²) in [5.74, 6) is 5.37. The topological polar surface area (TPSA) is 64.3 Å². The highest BCUT2D eigenvalue weighted by atomic mass is 35.5.